The van der Waals surface area contributed by atoms with E-state index < -0.39 is 11.7 Å². The van der Waals surface area contributed by atoms with Gasteiger partial charge in [-0.1, -0.05) is 13.8 Å². The number of pyridine rings is 1. The number of methoxy groups -OCH3 is 2. The lowest BCUT2D eigenvalue weighted by atomic mass is 10.1. The van der Waals surface area contributed by atoms with E-state index in [2.05, 4.69) is 15.3 Å². The van der Waals surface area contributed by atoms with E-state index in [-0.39, 0.29) is 18.4 Å². The van der Waals surface area contributed by atoms with Crippen LogP contribution in [0.2, 0.25) is 0 Å². The van der Waals surface area contributed by atoms with Crippen molar-refractivity contribution in [3.05, 3.63) is 89.6 Å². The van der Waals surface area contributed by atoms with E-state index in [1.807, 2.05) is 36.4 Å². The topological polar surface area (TPSA) is 93.9 Å². The third-order valence-electron chi connectivity index (χ3n) is 6.91. The van der Waals surface area contributed by atoms with Crippen LogP contribution in [-0.4, -0.2) is 50.9 Å². The number of imidazole rings is 1. The first-order chi connectivity index (χ1) is 20.6. The molecular formula is C31H31F3N6O3. The summed E-state index contributed by atoms with van der Waals surface area (Å²) < 4.78 is 51.6. The summed E-state index contributed by atoms with van der Waals surface area (Å²) in [5.74, 6) is 1.84. The molecular weight excluding hydrogens is 561 g/mol. The van der Waals surface area contributed by atoms with Gasteiger partial charge in [0.2, 0.25) is 0 Å². The highest BCUT2D eigenvalue weighted by Gasteiger charge is 2.31. The molecule has 43 heavy (non-hydrogen) atoms. The molecule has 5 aromatic rings. The number of nitrogens with one attached hydrogen (secondary N) is 1. The number of amides is 1. The number of fused-ring (bicyclic) bond motifs is 3. The van der Waals surface area contributed by atoms with Crippen LogP contribution in [0, 0.1) is 5.92 Å². The Labute approximate surface area is 246 Å². The largest absolute Gasteiger partial charge is 0.497 e. The van der Waals surface area contributed by atoms with Gasteiger partial charge in [-0.15, -0.1) is 0 Å². The van der Waals surface area contributed by atoms with Crippen LogP contribution in [-0.2, 0) is 19.3 Å². The fourth-order valence-corrected chi connectivity index (χ4v) is 4.81. The van der Waals surface area contributed by atoms with Gasteiger partial charge in [-0.05, 0) is 48.4 Å². The first-order valence-electron chi connectivity index (χ1n) is 13.6. The van der Waals surface area contributed by atoms with Crippen LogP contribution in [0.15, 0.2) is 67.3 Å². The summed E-state index contributed by atoms with van der Waals surface area (Å²) in [5, 5.41) is 3.37. The average molecular weight is 593 g/mol. The number of aromatic nitrogens is 4. The molecule has 0 spiro atoms. The standard InChI is InChI=1S/C31H31F3N6O3/c1-19(2)16-39(17-23-8-7-22(14-36-23)31(32,33)34)30(41)20-6-10-25-26(11-20)40-18-35-15-27(40)29(38-25)37-13-21-5-9-24(42-3)12-28(21)43-4/h5-12,14-15,18-19H,13,16-17H2,1-4H3,(H,37,38). The van der Waals surface area contributed by atoms with Gasteiger partial charge in [0.1, 0.15) is 17.0 Å². The molecule has 0 fully saturated rings. The number of carbonyl (C=O) groups excluding carboxylic acids is 1. The van der Waals surface area contributed by atoms with Crippen molar-refractivity contribution in [2.45, 2.75) is 33.1 Å². The summed E-state index contributed by atoms with van der Waals surface area (Å²) >= 11 is 0. The minimum absolute atomic E-state index is 0.0730. The number of halogens is 3. The van der Waals surface area contributed by atoms with E-state index in [0.29, 0.717) is 52.7 Å². The number of benzene rings is 2. The van der Waals surface area contributed by atoms with E-state index in [4.69, 9.17) is 14.5 Å². The molecule has 0 bridgehead atoms. The fraction of sp³-hybridized carbons (Fsp3) is 0.290. The SMILES string of the molecule is COc1ccc(CNc2nc3ccc(C(=O)N(Cc4ccc(C(F)(F)F)cn4)CC(C)C)cc3n3cncc23)c(OC)c1. The van der Waals surface area contributed by atoms with Gasteiger partial charge in [-0.25, -0.2) is 9.97 Å². The molecule has 0 saturated heterocycles. The molecule has 3 aromatic heterocycles. The Kier molecular flexibility index (Phi) is 8.38. The number of rotatable bonds is 10. The number of ether oxygens (including phenoxy) is 2. The van der Waals surface area contributed by atoms with E-state index in [0.717, 1.165) is 23.3 Å². The van der Waals surface area contributed by atoms with Crippen LogP contribution in [0.1, 0.15) is 41.0 Å². The van der Waals surface area contributed by atoms with Crippen molar-refractivity contribution in [2.75, 3.05) is 26.1 Å². The maximum atomic E-state index is 13.7. The molecule has 0 aliphatic rings. The van der Waals surface area contributed by atoms with E-state index in [9.17, 15) is 18.0 Å². The summed E-state index contributed by atoms with van der Waals surface area (Å²) in [4.78, 5) is 28.4. The average Bonchev–Trinajstić information content (AvgIpc) is 3.49. The van der Waals surface area contributed by atoms with E-state index >= 15 is 0 Å². The maximum absolute atomic E-state index is 13.7. The Morgan fingerprint density at radius 2 is 1.84 bits per heavy atom. The zero-order valence-electron chi connectivity index (χ0n) is 24.1. The highest BCUT2D eigenvalue weighted by atomic mass is 19.4. The quantitative estimate of drug-likeness (QED) is 0.206. The Balaban J connectivity index is 1.42. The predicted octanol–water partition coefficient (Wildman–Crippen LogP) is 6.22. The number of hydrogen-bond donors (Lipinski definition) is 1. The maximum Gasteiger partial charge on any atom is 0.417 e. The van der Waals surface area contributed by atoms with Crippen LogP contribution in [0.25, 0.3) is 16.6 Å². The summed E-state index contributed by atoms with van der Waals surface area (Å²) in [6, 6.07) is 13.1. The molecule has 0 saturated carbocycles. The number of anilines is 1. The Morgan fingerprint density at radius 3 is 2.51 bits per heavy atom. The lowest BCUT2D eigenvalue weighted by Gasteiger charge is -2.25. The van der Waals surface area contributed by atoms with Gasteiger partial charge in [0.15, 0.2) is 5.82 Å². The molecule has 1 amide bonds. The van der Waals surface area contributed by atoms with Crippen molar-refractivity contribution in [3.8, 4) is 11.5 Å². The summed E-state index contributed by atoms with van der Waals surface area (Å²) in [6.45, 7) is 4.84. The van der Waals surface area contributed by atoms with Gasteiger partial charge >= 0.3 is 6.18 Å². The zero-order valence-corrected chi connectivity index (χ0v) is 24.1. The number of carbonyl (C=O) groups is 1. The molecule has 0 unspecified atom stereocenters. The van der Waals surface area contributed by atoms with Crippen molar-refractivity contribution in [2.24, 2.45) is 5.92 Å². The number of hydrogen-bond acceptors (Lipinski definition) is 7. The molecule has 1 N–H and O–H groups in total. The second-order valence-corrected chi connectivity index (χ2v) is 10.5. The third-order valence-corrected chi connectivity index (χ3v) is 6.91. The second kappa shape index (κ2) is 12.2. The molecule has 3 heterocycles. The summed E-state index contributed by atoms with van der Waals surface area (Å²) in [7, 11) is 3.20. The minimum Gasteiger partial charge on any atom is -0.497 e. The Bertz CT molecular complexity index is 1750. The van der Waals surface area contributed by atoms with Gasteiger partial charge in [-0.3, -0.25) is 14.2 Å². The smallest absolute Gasteiger partial charge is 0.417 e. The highest BCUT2D eigenvalue weighted by molar-refractivity contribution is 5.98. The predicted molar refractivity (Wildman–Crippen MR) is 156 cm³/mol. The van der Waals surface area contributed by atoms with Crippen LogP contribution in [0.4, 0.5) is 19.0 Å². The second-order valence-electron chi connectivity index (χ2n) is 10.5. The fourth-order valence-electron chi connectivity index (χ4n) is 4.81. The van der Waals surface area contributed by atoms with Gasteiger partial charge in [0.05, 0.1) is 55.6 Å². The van der Waals surface area contributed by atoms with E-state index in [1.54, 1.807) is 49.8 Å². The van der Waals surface area contributed by atoms with Gasteiger partial charge < -0.3 is 19.7 Å². The first kappa shape index (κ1) is 29.6. The highest BCUT2D eigenvalue weighted by Crippen LogP contribution is 2.29. The van der Waals surface area contributed by atoms with Crippen molar-refractivity contribution in [1.29, 1.82) is 0 Å². The van der Waals surface area contributed by atoms with Crippen LogP contribution >= 0.6 is 0 Å². The molecule has 0 atom stereocenters. The monoisotopic (exact) mass is 592 g/mol. The van der Waals surface area contributed by atoms with Gasteiger partial charge in [0, 0.05) is 36.5 Å². The van der Waals surface area contributed by atoms with Crippen LogP contribution in [0.5, 0.6) is 11.5 Å². The van der Waals surface area contributed by atoms with Crippen molar-refractivity contribution in [3.63, 3.8) is 0 Å². The molecule has 0 aliphatic heterocycles. The molecule has 0 radical (unpaired) electrons. The Morgan fingerprint density at radius 1 is 1.02 bits per heavy atom. The molecule has 9 nitrogen and oxygen atoms in total. The minimum atomic E-state index is -4.48. The normalized spacial score (nSPS) is 11.7. The van der Waals surface area contributed by atoms with Crippen LogP contribution in [0.3, 0.4) is 0 Å². The summed E-state index contributed by atoms with van der Waals surface area (Å²) in [6.07, 6.45) is -0.337. The number of alkyl halides is 3. The van der Waals surface area contributed by atoms with Crippen LogP contribution < -0.4 is 14.8 Å². The molecule has 0 aliphatic carbocycles. The lowest BCUT2D eigenvalue weighted by Crippen LogP contribution is -2.34. The molecule has 224 valence electrons. The van der Waals surface area contributed by atoms with Crippen molar-refractivity contribution < 1.29 is 27.4 Å². The van der Waals surface area contributed by atoms with Gasteiger partial charge in [-0.2, -0.15) is 13.2 Å². The van der Waals surface area contributed by atoms with Crippen molar-refractivity contribution in [1.82, 2.24) is 24.3 Å². The summed E-state index contributed by atoms with van der Waals surface area (Å²) in [5.41, 5.74) is 2.91. The molecule has 5 rings (SSSR count). The first-order valence-corrected chi connectivity index (χ1v) is 13.6. The third kappa shape index (κ3) is 6.47. The van der Waals surface area contributed by atoms with E-state index in [1.165, 1.54) is 6.07 Å². The molecule has 2 aromatic carbocycles. The van der Waals surface area contributed by atoms with Crippen molar-refractivity contribution >= 4 is 28.3 Å². The lowest BCUT2D eigenvalue weighted by molar-refractivity contribution is -0.137. The van der Waals surface area contributed by atoms with Gasteiger partial charge in [0.25, 0.3) is 5.91 Å². The zero-order chi connectivity index (χ0) is 30.7. The Hall–Kier alpha value is -4.87. The number of nitrogens with zero attached hydrogens (tertiary/aromatic N) is 5. The molecule has 12 heteroatoms.